The highest BCUT2D eigenvalue weighted by Crippen LogP contribution is 2.18. The predicted molar refractivity (Wildman–Crippen MR) is 72.6 cm³/mol. The van der Waals surface area contributed by atoms with Crippen LogP contribution in [-0.4, -0.2) is 35.5 Å². The fourth-order valence-corrected chi connectivity index (χ4v) is 2.86. The summed E-state index contributed by atoms with van der Waals surface area (Å²) < 4.78 is 0. The summed E-state index contributed by atoms with van der Waals surface area (Å²) in [6, 6.07) is 7.39. The molecule has 5 heteroatoms. The molecular weight excluding hydrogens is 248 g/mol. The van der Waals surface area contributed by atoms with E-state index in [1.807, 2.05) is 12.1 Å². The van der Waals surface area contributed by atoms with Crippen LogP contribution in [0, 0.1) is 0 Å². The number of hydrogen-bond acceptors (Lipinski definition) is 3. The van der Waals surface area contributed by atoms with Gasteiger partial charge in [-0.05, 0) is 5.56 Å². The second kappa shape index (κ2) is 5.64. The summed E-state index contributed by atoms with van der Waals surface area (Å²) in [5.74, 6) is -1.12. The number of aliphatic hydroxyl groups excluding tert-OH is 2. The first-order chi connectivity index (χ1) is 8.21. The van der Waals surface area contributed by atoms with Crippen LogP contribution < -0.4 is 5.19 Å². The van der Waals surface area contributed by atoms with Gasteiger partial charge in [0.2, 0.25) is 0 Å². The second-order valence-corrected chi connectivity index (χ2v) is 10.6. The third kappa shape index (κ3) is 3.94. The average Bonchev–Trinajstić information content (AvgIpc) is 2.26. The summed E-state index contributed by atoms with van der Waals surface area (Å²) in [5, 5.41) is 29.2. The van der Waals surface area contributed by atoms with Gasteiger partial charge in [-0.15, -0.1) is 0 Å². The van der Waals surface area contributed by atoms with E-state index in [1.165, 1.54) is 5.19 Å². The number of hydrogen-bond donors (Lipinski definition) is 3. The van der Waals surface area contributed by atoms with Gasteiger partial charge in [-0.25, -0.2) is 0 Å². The number of carbonyl (C=O) groups is 1. The zero-order valence-electron chi connectivity index (χ0n) is 10.9. The van der Waals surface area contributed by atoms with Gasteiger partial charge >= 0.3 is 5.97 Å². The fraction of sp³-hybridized carbons (Fsp3) is 0.462. The summed E-state index contributed by atoms with van der Waals surface area (Å²) in [4.78, 5) is 10.5. The van der Waals surface area contributed by atoms with E-state index in [1.54, 1.807) is 12.1 Å². The Hall–Kier alpha value is -1.17. The molecule has 1 aromatic rings. The molecule has 0 radical (unpaired) electrons. The number of carboxylic acid groups (broad SMARTS) is 1. The first-order valence-electron chi connectivity index (χ1n) is 5.90. The van der Waals surface area contributed by atoms with Gasteiger partial charge in [-0.1, -0.05) is 49.1 Å². The molecule has 0 heterocycles. The number of carboxylic acids is 1. The topological polar surface area (TPSA) is 77.8 Å². The monoisotopic (exact) mass is 268 g/mol. The fourth-order valence-electron chi connectivity index (χ4n) is 1.69. The molecule has 0 aromatic heterocycles. The molecule has 2 atom stereocenters. The van der Waals surface area contributed by atoms with E-state index in [0.29, 0.717) is 5.56 Å². The van der Waals surface area contributed by atoms with Crippen molar-refractivity contribution in [2.75, 3.05) is 0 Å². The van der Waals surface area contributed by atoms with Crippen molar-refractivity contribution in [1.82, 2.24) is 0 Å². The lowest BCUT2D eigenvalue weighted by atomic mass is 10.0. The molecule has 0 amide bonds. The molecule has 0 spiro atoms. The minimum absolute atomic E-state index is 0.461. The minimum atomic E-state index is -1.38. The van der Waals surface area contributed by atoms with Gasteiger partial charge in [0.15, 0.2) is 0 Å². The van der Waals surface area contributed by atoms with E-state index in [0.717, 1.165) is 0 Å². The highest BCUT2D eigenvalue weighted by molar-refractivity contribution is 6.88. The third-order valence-corrected chi connectivity index (χ3v) is 4.93. The normalized spacial score (nSPS) is 15.2. The van der Waals surface area contributed by atoms with E-state index in [4.69, 9.17) is 5.11 Å². The van der Waals surface area contributed by atoms with Crippen LogP contribution in [0.15, 0.2) is 24.3 Å². The maximum atomic E-state index is 10.5. The zero-order valence-corrected chi connectivity index (χ0v) is 11.9. The van der Waals surface area contributed by atoms with Crippen LogP contribution in [0.2, 0.25) is 19.6 Å². The summed E-state index contributed by atoms with van der Waals surface area (Å²) in [6.07, 6.45) is -2.89. The zero-order chi connectivity index (χ0) is 13.9. The molecule has 4 nitrogen and oxygen atoms in total. The van der Waals surface area contributed by atoms with Crippen LogP contribution in [0.1, 0.15) is 18.1 Å². The number of aliphatic hydroxyl groups is 2. The molecule has 0 aliphatic carbocycles. The summed E-state index contributed by atoms with van der Waals surface area (Å²) in [5.41, 5.74) is 0.547. The lowest BCUT2D eigenvalue weighted by Crippen LogP contribution is -2.37. The van der Waals surface area contributed by atoms with Gasteiger partial charge in [0.25, 0.3) is 0 Å². The minimum Gasteiger partial charge on any atom is -0.481 e. The Labute approximate surface area is 108 Å². The summed E-state index contributed by atoms with van der Waals surface area (Å²) >= 11 is 0. The van der Waals surface area contributed by atoms with Gasteiger partial charge in [-0.2, -0.15) is 0 Å². The van der Waals surface area contributed by atoms with Crippen molar-refractivity contribution < 1.29 is 20.1 Å². The first-order valence-corrected chi connectivity index (χ1v) is 9.40. The van der Waals surface area contributed by atoms with E-state index in [9.17, 15) is 15.0 Å². The molecule has 3 N–H and O–H groups in total. The summed E-state index contributed by atoms with van der Waals surface area (Å²) in [7, 11) is -1.38. The maximum absolute atomic E-state index is 10.5. The lowest BCUT2D eigenvalue weighted by molar-refractivity contribution is -0.141. The van der Waals surface area contributed by atoms with Crippen LogP contribution in [0.3, 0.4) is 0 Å². The van der Waals surface area contributed by atoms with Crippen molar-refractivity contribution in [1.29, 1.82) is 0 Å². The highest BCUT2D eigenvalue weighted by atomic mass is 28.3. The van der Waals surface area contributed by atoms with Gasteiger partial charge < -0.3 is 15.3 Å². The van der Waals surface area contributed by atoms with Crippen molar-refractivity contribution in [2.45, 2.75) is 38.3 Å². The molecule has 100 valence electrons. The van der Waals surface area contributed by atoms with Crippen molar-refractivity contribution in [3.8, 4) is 0 Å². The molecule has 1 rings (SSSR count). The number of rotatable bonds is 5. The van der Waals surface area contributed by atoms with Crippen LogP contribution >= 0.6 is 0 Å². The molecule has 1 aromatic carbocycles. The Balaban J connectivity index is 2.82. The second-order valence-electron chi connectivity index (χ2n) is 5.48. The molecule has 18 heavy (non-hydrogen) atoms. The average molecular weight is 268 g/mol. The van der Waals surface area contributed by atoms with Crippen LogP contribution in [0.5, 0.6) is 0 Å². The molecule has 0 fully saturated rings. The van der Waals surface area contributed by atoms with Crippen LogP contribution in [-0.2, 0) is 4.79 Å². The third-order valence-electron chi connectivity index (χ3n) is 2.87. The Morgan fingerprint density at radius 2 is 1.67 bits per heavy atom. The smallest absolute Gasteiger partial charge is 0.306 e. The van der Waals surface area contributed by atoms with E-state index < -0.39 is 32.7 Å². The lowest BCUT2D eigenvalue weighted by Gasteiger charge is -2.20. The predicted octanol–water partition coefficient (Wildman–Crippen LogP) is 1.10. The van der Waals surface area contributed by atoms with Gasteiger partial charge in [0.1, 0.15) is 6.10 Å². The Kier molecular flexibility index (Phi) is 4.67. The molecule has 2 unspecified atom stereocenters. The molecule has 0 saturated carbocycles. The van der Waals surface area contributed by atoms with Gasteiger partial charge in [0.05, 0.1) is 20.6 Å². The van der Waals surface area contributed by atoms with Gasteiger partial charge in [0, 0.05) is 0 Å². The number of aliphatic carboxylic acids is 1. The Bertz CT molecular complexity index is 408. The van der Waals surface area contributed by atoms with E-state index >= 15 is 0 Å². The van der Waals surface area contributed by atoms with E-state index in [-0.39, 0.29) is 0 Å². The highest BCUT2D eigenvalue weighted by Gasteiger charge is 2.22. The van der Waals surface area contributed by atoms with Crippen molar-refractivity contribution >= 4 is 19.2 Å². The van der Waals surface area contributed by atoms with Crippen molar-refractivity contribution in [2.24, 2.45) is 0 Å². The Morgan fingerprint density at radius 3 is 2.06 bits per heavy atom. The Morgan fingerprint density at radius 1 is 1.17 bits per heavy atom. The van der Waals surface area contributed by atoms with Crippen LogP contribution in [0.25, 0.3) is 0 Å². The standard InChI is InChI=1S/C13H20O4Si/c1-18(2,3)10-6-4-9(5-7-10)13(17)11(14)8-12(15)16/h4-7,11,13-14,17H,8H2,1-3H3,(H,15,16). The van der Waals surface area contributed by atoms with E-state index in [2.05, 4.69) is 19.6 Å². The number of benzene rings is 1. The van der Waals surface area contributed by atoms with Gasteiger partial charge in [-0.3, -0.25) is 4.79 Å². The van der Waals surface area contributed by atoms with Crippen molar-refractivity contribution in [3.63, 3.8) is 0 Å². The quantitative estimate of drug-likeness (QED) is 0.699. The van der Waals surface area contributed by atoms with Crippen molar-refractivity contribution in [3.05, 3.63) is 29.8 Å². The SMILES string of the molecule is C[Si](C)(C)c1ccc(C(O)C(O)CC(=O)O)cc1. The molecule has 0 aliphatic rings. The maximum Gasteiger partial charge on any atom is 0.306 e. The molecule has 0 bridgehead atoms. The molecular formula is C13H20O4Si. The van der Waals surface area contributed by atoms with Crippen LogP contribution in [0.4, 0.5) is 0 Å². The molecule has 0 aliphatic heterocycles. The first kappa shape index (κ1) is 14.9. The summed E-state index contributed by atoms with van der Waals surface area (Å²) in [6.45, 7) is 6.66. The molecule has 0 saturated heterocycles. The largest absolute Gasteiger partial charge is 0.481 e.